The maximum atomic E-state index is 4.28. The molecule has 1 aliphatic heterocycles. The van der Waals surface area contributed by atoms with Gasteiger partial charge in [-0.3, -0.25) is 10.4 Å². The summed E-state index contributed by atoms with van der Waals surface area (Å²) < 4.78 is 0. The Hall–Kier alpha value is -0.860. The van der Waals surface area contributed by atoms with E-state index in [1.807, 2.05) is 20.1 Å². The Balaban J connectivity index is 0.000000561. The maximum Gasteiger partial charge on any atom is 0.104 e. The summed E-state index contributed by atoms with van der Waals surface area (Å²) in [6.07, 6.45) is 3.48. The molecule has 0 radical (unpaired) electrons. The SMILES string of the molecule is CC.CC(C)C1(C)C=NNC=N1. The first-order valence-electron chi connectivity index (χ1n) is 4.48. The van der Waals surface area contributed by atoms with Crippen molar-refractivity contribution in [3.63, 3.8) is 0 Å². The Kier molecular flexibility index (Phi) is 4.55. The summed E-state index contributed by atoms with van der Waals surface area (Å²) in [5, 5.41) is 3.93. The van der Waals surface area contributed by atoms with E-state index in [4.69, 9.17) is 0 Å². The third-order valence-electron chi connectivity index (χ3n) is 1.97. The van der Waals surface area contributed by atoms with E-state index in [1.54, 1.807) is 6.34 Å². The highest BCUT2D eigenvalue weighted by Gasteiger charge is 2.25. The van der Waals surface area contributed by atoms with Gasteiger partial charge in [-0.25, -0.2) is 0 Å². The smallest absolute Gasteiger partial charge is 0.104 e. The van der Waals surface area contributed by atoms with E-state index in [9.17, 15) is 0 Å². The van der Waals surface area contributed by atoms with Crippen molar-refractivity contribution < 1.29 is 0 Å². The van der Waals surface area contributed by atoms with Crippen molar-refractivity contribution in [2.75, 3.05) is 0 Å². The van der Waals surface area contributed by atoms with Crippen molar-refractivity contribution in [2.45, 2.75) is 40.2 Å². The van der Waals surface area contributed by atoms with Crippen molar-refractivity contribution in [3.8, 4) is 0 Å². The standard InChI is InChI=1S/C7H13N3.C2H6/c1-6(2)7(3)4-9-10-5-8-7;1-2/h4-6H,1-3H3,(H,8,10);1-2H3. The van der Waals surface area contributed by atoms with E-state index < -0.39 is 0 Å². The molecular weight excluding hydrogens is 150 g/mol. The normalized spacial score (nSPS) is 26.2. The molecule has 0 aliphatic carbocycles. The van der Waals surface area contributed by atoms with Gasteiger partial charge in [-0.15, -0.1) is 0 Å². The summed E-state index contributed by atoms with van der Waals surface area (Å²) in [6, 6.07) is 0. The zero-order valence-corrected chi connectivity index (χ0v) is 8.63. The van der Waals surface area contributed by atoms with Gasteiger partial charge in [0.25, 0.3) is 0 Å². The highest BCUT2D eigenvalue weighted by atomic mass is 15.3. The number of hydrogen-bond donors (Lipinski definition) is 1. The highest BCUT2D eigenvalue weighted by Crippen LogP contribution is 2.19. The minimum atomic E-state index is -0.106. The van der Waals surface area contributed by atoms with Gasteiger partial charge in [0.2, 0.25) is 0 Å². The quantitative estimate of drug-likeness (QED) is 0.640. The zero-order chi connectivity index (χ0) is 9.61. The lowest BCUT2D eigenvalue weighted by molar-refractivity contribution is 0.453. The van der Waals surface area contributed by atoms with Gasteiger partial charge in [0.05, 0.1) is 11.8 Å². The molecule has 1 rings (SSSR count). The maximum absolute atomic E-state index is 4.28. The lowest BCUT2D eigenvalue weighted by Gasteiger charge is -2.26. The average molecular weight is 169 g/mol. The van der Waals surface area contributed by atoms with Crippen LogP contribution in [0.3, 0.4) is 0 Å². The Morgan fingerprint density at radius 1 is 1.33 bits per heavy atom. The summed E-state index contributed by atoms with van der Waals surface area (Å²) in [5.41, 5.74) is 2.57. The number of hydrogen-bond acceptors (Lipinski definition) is 3. The fraction of sp³-hybridized carbons (Fsp3) is 0.778. The third-order valence-corrected chi connectivity index (χ3v) is 1.97. The van der Waals surface area contributed by atoms with Crippen LogP contribution in [0.25, 0.3) is 0 Å². The van der Waals surface area contributed by atoms with E-state index in [0.29, 0.717) is 5.92 Å². The fourth-order valence-electron chi connectivity index (χ4n) is 0.701. The molecule has 0 saturated heterocycles. The minimum Gasteiger partial charge on any atom is -0.268 e. The summed E-state index contributed by atoms with van der Waals surface area (Å²) in [4.78, 5) is 4.28. The molecule has 0 aromatic carbocycles. The van der Waals surface area contributed by atoms with Crippen LogP contribution in [0.5, 0.6) is 0 Å². The van der Waals surface area contributed by atoms with Crippen molar-refractivity contribution in [3.05, 3.63) is 0 Å². The molecule has 0 fully saturated rings. The third kappa shape index (κ3) is 2.64. The van der Waals surface area contributed by atoms with Crippen LogP contribution >= 0.6 is 0 Å². The van der Waals surface area contributed by atoms with E-state index in [-0.39, 0.29) is 5.54 Å². The van der Waals surface area contributed by atoms with E-state index in [1.165, 1.54) is 0 Å². The van der Waals surface area contributed by atoms with Gasteiger partial charge in [-0.2, -0.15) is 5.10 Å². The van der Waals surface area contributed by atoms with Crippen LogP contribution in [-0.2, 0) is 0 Å². The molecule has 0 saturated carbocycles. The molecule has 0 aromatic heterocycles. The number of hydrazone groups is 1. The molecule has 3 nitrogen and oxygen atoms in total. The van der Waals surface area contributed by atoms with Crippen LogP contribution in [0.4, 0.5) is 0 Å². The lowest BCUT2D eigenvalue weighted by atomic mass is 9.90. The second-order valence-corrected chi connectivity index (χ2v) is 3.03. The lowest BCUT2D eigenvalue weighted by Crippen LogP contribution is -2.35. The molecule has 1 atom stereocenters. The molecule has 0 bridgehead atoms. The van der Waals surface area contributed by atoms with Crippen LogP contribution in [0, 0.1) is 5.92 Å². The molecule has 0 spiro atoms. The van der Waals surface area contributed by atoms with Crippen LogP contribution in [-0.4, -0.2) is 18.1 Å². The Morgan fingerprint density at radius 2 is 1.92 bits per heavy atom. The summed E-state index contributed by atoms with van der Waals surface area (Å²) in [5.74, 6) is 0.495. The number of nitrogens with zero attached hydrogens (tertiary/aromatic N) is 2. The van der Waals surface area contributed by atoms with Gasteiger partial charge in [0.1, 0.15) is 6.34 Å². The summed E-state index contributed by atoms with van der Waals surface area (Å²) in [6.45, 7) is 10.3. The largest absolute Gasteiger partial charge is 0.268 e. The van der Waals surface area contributed by atoms with Crippen LogP contribution in [0.2, 0.25) is 0 Å². The number of aliphatic imine (C=N–C) groups is 1. The summed E-state index contributed by atoms with van der Waals surface area (Å²) in [7, 11) is 0. The molecule has 0 amide bonds. The molecule has 0 aromatic rings. The van der Waals surface area contributed by atoms with Crippen LogP contribution in [0.1, 0.15) is 34.6 Å². The Morgan fingerprint density at radius 3 is 2.17 bits per heavy atom. The second-order valence-electron chi connectivity index (χ2n) is 3.03. The molecule has 1 unspecified atom stereocenters. The first-order chi connectivity index (χ1) is 5.65. The van der Waals surface area contributed by atoms with Crippen molar-refractivity contribution in [1.29, 1.82) is 0 Å². The zero-order valence-electron chi connectivity index (χ0n) is 8.63. The topological polar surface area (TPSA) is 36.8 Å². The van der Waals surface area contributed by atoms with Gasteiger partial charge >= 0.3 is 0 Å². The second kappa shape index (κ2) is 4.91. The monoisotopic (exact) mass is 169 g/mol. The van der Waals surface area contributed by atoms with Gasteiger partial charge in [-0.1, -0.05) is 27.7 Å². The number of rotatable bonds is 1. The molecule has 3 heteroatoms. The van der Waals surface area contributed by atoms with E-state index in [0.717, 1.165) is 0 Å². The molecule has 1 N–H and O–H groups in total. The van der Waals surface area contributed by atoms with Gasteiger partial charge in [-0.05, 0) is 12.8 Å². The molecule has 70 valence electrons. The molecule has 12 heavy (non-hydrogen) atoms. The van der Waals surface area contributed by atoms with Crippen molar-refractivity contribution in [1.82, 2.24) is 5.43 Å². The highest BCUT2D eigenvalue weighted by molar-refractivity contribution is 5.76. The molecule has 1 aliphatic rings. The van der Waals surface area contributed by atoms with Crippen molar-refractivity contribution >= 4 is 12.6 Å². The van der Waals surface area contributed by atoms with Crippen LogP contribution < -0.4 is 5.43 Å². The first kappa shape index (κ1) is 11.1. The first-order valence-corrected chi connectivity index (χ1v) is 4.48. The minimum absolute atomic E-state index is 0.106. The Bertz CT molecular complexity index is 159. The van der Waals surface area contributed by atoms with E-state index >= 15 is 0 Å². The Labute approximate surface area is 75.0 Å². The van der Waals surface area contributed by atoms with Gasteiger partial charge in [0.15, 0.2) is 0 Å². The number of nitrogens with one attached hydrogen (secondary N) is 1. The fourth-order valence-corrected chi connectivity index (χ4v) is 0.701. The predicted molar refractivity (Wildman–Crippen MR) is 54.7 cm³/mol. The van der Waals surface area contributed by atoms with Gasteiger partial charge < -0.3 is 0 Å². The molecule has 1 heterocycles. The summed E-state index contributed by atoms with van der Waals surface area (Å²) >= 11 is 0. The van der Waals surface area contributed by atoms with Gasteiger partial charge in [0, 0.05) is 0 Å². The average Bonchev–Trinajstić information content (AvgIpc) is 2.09. The van der Waals surface area contributed by atoms with E-state index in [2.05, 4.69) is 36.3 Å². The molecular formula is C9H19N3. The van der Waals surface area contributed by atoms with Crippen molar-refractivity contribution in [2.24, 2.45) is 16.0 Å². The predicted octanol–water partition coefficient (Wildman–Crippen LogP) is 2.04. The van der Waals surface area contributed by atoms with Crippen LogP contribution in [0.15, 0.2) is 10.1 Å².